The zero-order chi connectivity index (χ0) is 48.6. The van der Waals surface area contributed by atoms with Crippen LogP contribution < -0.4 is 0 Å². The minimum absolute atomic E-state index is 0.0308. The van der Waals surface area contributed by atoms with Crippen LogP contribution in [-0.4, -0.2) is 265 Å². The van der Waals surface area contributed by atoms with Crippen LogP contribution in [0.1, 0.15) is 51.4 Å². The minimum atomic E-state index is -1.86. The van der Waals surface area contributed by atoms with Gasteiger partial charge in [0.25, 0.3) is 0 Å². The van der Waals surface area contributed by atoms with Gasteiger partial charge >= 0.3 is 5.97 Å². The highest BCUT2D eigenvalue weighted by molar-refractivity contribution is 5.81. The van der Waals surface area contributed by atoms with Crippen molar-refractivity contribution >= 4 is 5.97 Å². The molecule has 386 valence electrons. The summed E-state index contributed by atoms with van der Waals surface area (Å²) in [6.45, 7) is -2.12. The molecule has 28 unspecified atom stereocenters. The molecular formula is C42H69O25+. The lowest BCUT2D eigenvalue weighted by atomic mass is 9.72. The third kappa shape index (κ3) is 11.8. The monoisotopic (exact) mass is 973 g/mol. The van der Waals surface area contributed by atoms with Gasteiger partial charge in [-0.1, -0.05) is 6.08 Å². The summed E-state index contributed by atoms with van der Waals surface area (Å²) in [6.07, 6.45) is -33.0. The van der Waals surface area contributed by atoms with E-state index in [-0.39, 0.29) is 44.4 Å². The number of ether oxygens (including phenoxy) is 8. The van der Waals surface area contributed by atoms with Crippen LogP contribution in [0.4, 0.5) is 0 Å². The summed E-state index contributed by atoms with van der Waals surface area (Å²) in [7, 11) is 0. The molecule has 25 nitrogen and oxygen atoms in total. The third-order valence-electron chi connectivity index (χ3n) is 14.6. The Labute approximate surface area is 384 Å². The van der Waals surface area contributed by atoms with Gasteiger partial charge in [0, 0.05) is 24.8 Å². The fraction of sp³-hybridized carbons (Fsp3) is 0.929. The average molecular weight is 974 g/mol. The fourth-order valence-corrected chi connectivity index (χ4v) is 10.6. The van der Waals surface area contributed by atoms with Gasteiger partial charge in [-0.15, -0.1) is 0 Å². The summed E-state index contributed by atoms with van der Waals surface area (Å²) < 4.78 is 45.9. The Bertz CT molecular complexity index is 1610. The van der Waals surface area contributed by atoms with Gasteiger partial charge in [-0.05, 0) is 44.4 Å². The van der Waals surface area contributed by atoms with Crippen molar-refractivity contribution in [1.29, 1.82) is 0 Å². The number of fused-ring (bicyclic) bond motifs is 1. The predicted molar refractivity (Wildman–Crippen MR) is 216 cm³/mol. The van der Waals surface area contributed by atoms with E-state index in [2.05, 4.69) is 0 Å². The van der Waals surface area contributed by atoms with E-state index < -0.39 is 191 Å². The first-order chi connectivity index (χ1) is 31.8. The molecule has 0 amide bonds. The highest BCUT2D eigenvalue weighted by Gasteiger charge is 2.58. The fourth-order valence-electron chi connectivity index (χ4n) is 10.6. The molecule has 0 radical (unpaired) electrons. The van der Waals surface area contributed by atoms with Crippen molar-refractivity contribution in [3.05, 3.63) is 12.2 Å². The van der Waals surface area contributed by atoms with Crippen molar-refractivity contribution in [3.63, 3.8) is 0 Å². The molecule has 0 aromatic rings. The Morgan fingerprint density at radius 3 is 1.63 bits per heavy atom. The van der Waals surface area contributed by atoms with E-state index in [9.17, 15) is 86.5 Å². The van der Waals surface area contributed by atoms with Gasteiger partial charge in [-0.25, -0.2) is 4.79 Å². The first kappa shape index (κ1) is 53.1. The number of rotatable bonds is 13. The van der Waals surface area contributed by atoms with E-state index in [1.54, 1.807) is 0 Å². The topological polar surface area (TPSA) is 418 Å². The molecule has 67 heavy (non-hydrogen) atoms. The summed E-state index contributed by atoms with van der Waals surface area (Å²) in [4.78, 5) is 12.6. The number of aliphatic hydroxyl groups excluding tert-OH is 16. The predicted octanol–water partition coefficient (Wildman–Crippen LogP) is -8.26. The number of carbonyl (C=O) groups is 1. The molecule has 3 saturated carbocycles. The first-order valence-electron chi connectivity index (χ1n) is 23.0. The van der Waals surface area contributed by atoms with Gasteiger partial charge in [0.05, 0.1) is 55.8 Å². The second-order valence-electron chi connectivity index (χ2n) is 19.2. The lowest BCUT2D eigenvalue weighted by Crippen LogP contribution is -2.65. The highest BCUT2D eigenvalue weighted by atomic mass is 16.7. The van der Waals surface area contributed by atoms with Crippen molar-refractivity contribution < 1.29 is 124 Å². The maximum Gasteiger partial charge on any atom is 0.330 e. The van der Waals surface area contributed by atoms with Gasteiger partial charge in [-0.3, -0.25) is 0 Å². The summed E-state index contributed by atoms with van der Waals surface area (Å²) in [5.74, 6) is -2.49. The van der Waals surface area contributed by atoms with Crippen molar-refractivity contribution in [2.75, 3.05) is 19.8 Å². The Kier molecular flexibility index (Phi) is 18.1. The molecule has 0 aromatic carbocycles. The molecule has 4 saturated heterocycles. The molecule has 7 aliphatic rings. The Morgan fingerprint density at radius 2 is 1.06 bits per heavy atom. The van der Waals surface area contributed by atoms with Gasteiger partial charge < -0.3 is 120 Å². The van der Waals surface area contributed by atoms with Crippen LogP contribution in [-0.2, 0) is 38.0 Å². The molecule has 4 aliphatic heterocycles. The average Bonchev–Trinajstić information content (AvgIpc) is 3.30. The standard InChI is InChI=1S/C42H68O25/c43-11-25-30(51)33(54)36(57)41(65-25)63-23-7-15(6-20(48)29(23)50)39-24(64-42-37(58)34(55)31(52)26(12-44)66-42)10-17-21(61-39)8-16(45)9-22(17)62-40-38(59)35(56)32(53)27(67-40)13-60-28(49)4-2-14-1-3-18(46)19(47)5-14/h2,4,14-27,29-48,50-59H,1,3,5-13H2/p+1. The molecule has 17 N–H and O–H groups in total. The molecule has 0 bridgehead atoms. The zero-order valence-electron chi connectivity index (χ0n) is 36.5. The number of hydrogen-bond acceptors (Lipinski definition) is 24. The van der Waals surface area contributed by atoms with Crippen molar-refractivity contribution in [2.24, 2.45) is 17.8 Å². The van der Waals surface area contributed by atoms with Crippen LogP contribution in [0.2, 0.25) is 0 Å². The minimum Gasteiger partial charge on any atom is -0.460 e. The van der Waals surface area contributed by atoms with Gasteiger partial charge in [0.2, 0.25) is 0 Å². The van der Waals surface area contributed by atoms with Crippen LogP contribution in [0, 0.1) is 17.8 Å². The molecule has 3 aliphatic carbocycles. The van der Waals surface area contributed by atoms with E-state index in [0.29, 0.717) is 12.8 Å². The summed E-state index contributed by atoms with van der Waals surface area (Å²) in [5.41, 5.74) is 0. The first-order valence-corrected chi connectivity index (χ1v) is 23.0. The Balaban J connectivity index is 1.08. The van der Waals surface area contributed by atoms with Crippen molar-refractivity contribution in [3.8, 4) is 0 Å². The van der Waals surface area contributed by atoms with Crippen molar-refractivity contribution in [1.82, 2.24) is 0 Å². The summed E-state index contributed by atoms with van der Waals surface area (Å²) in [5, 5.41) is 169. The number of hydrogen-bond donors (Lipinski definition) is 16. The maximum atomic E-state index is 12.6. The molecule has 4 heterocycles. The summed E-state index contributed by atoms with van der Waals surface area (Å²) >= 11 is 0. The molecule has 0 aromatic heterocycles. The van der Waals surface area contributed by atoms with E-state index >= 15 is 0 Å². The van der Waals surface area contributed by atoms with Crippen molar-refractivity contribution in [2.45, 2.75) is 205 Å². The van der Waals surface area contributed by atoms with Crippen LogP contribution in [0.25, 0.3) is 0 Å². The largest absolute Gasteiger partial charge is 0.460 e. The molecular weight excluding hydrogens is 904 g/mol. The second-order valence-corrected chi connectivity index (χ2v) is 19.2. The number of aliphatic hydroxyl groups is 18. The summed E-state index contributed by atoms with van der Waals surface area (Å²) in [6, 6.07) is 0. The zero-order valence-corrected chi connectivity index (χ0v) is 36.5. The maximum absolute atomic E-state index is 12.6. The third-order valence-corrected chi connectivity index (χ3v) is 14.6. The van der Waals surface area contributed by atoms with E-state index in [1.807, 2.05) is 0 Å². The van der Waals surface area contributed by atoms with Gasteiger partial charge in [0.1, 0.15) is 92.1 Å². The molecule has 0 spiro atoms. The molecule has 28 atom stereocenters. The van der Waals surface area contributed by atoms with E-state index in [0.717, 1.165) is 6.08 Å². The number of esters is 1. The number of carbonyl (C=O) groups excluding carboxylic acids is 1. The molecule has 7 rings (SSSR count). The second kappa shape index (κ2) is 22.8. The lowest BCUT2D eigenvalue weighted by Gasteiger charge is -2.50. The smallest absolute Gasteiger partial charge is 0.330 e. The number of allylic oxidation sites excluding steroid dienone is 1. The SMILES string of the molecule is O=C(C=CC1CCC(O)C(O)C1)OCC1OC(OC2CC(O)CC3[OH+]C(C4CC(O)C(O)C(OC5OC(CO)C(O)C(O)C5O)C4)C(OC4OC(CO)C(O)C(O)C4O)CC23)C(O)C(O)C1O. The molecule has 7 fully saturated rings. The normalized spacial score (nSPS) is 52.1. The lowest BCUT2D eigenvalue weighted by molar-refractivity contribution is -0.370. The van der Waals surface area contributed by atoms with Crippen LogP contribution in [0.15, 0.2) is 12.2 Å². The van der Waals surface area contributed by atoms with Gasteiger partial charge in [-0.2, -0.15) is 0 Å². The molecule has 25 heteroatoms. The van der Waals surface area contributed by atoms with Gasteiger partial charge in [0.15, 0.2) is 31.1 Å². The van der Waals surface area contributed by atoms with Crippen LogP contribution in [0.5, 0.6) is 0 Å². The Morgan fingerprint density at radius 1 is 0.522 bits per heavy atom. The quantitative estimate of drug-likeness (QED) is 0.0463. The van der Waals surface area contributed by atoms with E-state index in [4.69, 9.17) is 37.9 Å². The van der Waals surface area contributed by atoms with E-state index in [1.165, 1.54) is 6.08 Å². The van der Waals surface area contributed by atoms with Crippen LogP contribution in [0.3, 0.4) is 0 Å². The van der Waals surface area contributed by atoms with Crippen LogP contribution >= 0.6 is 0 Å². The Hall–Kier alpha value is -1.71. The highest BCUT2D eigenvalue weighted by Crippen LogP contribution is 2.45.